The number of piperidine rings is 1. The van der Waals surface area contributed by atoms with Gasteiger partial charge in [0.1, 0.15) is 0 Å². The molecule has 1 aliphatic rings. The van der Waals surface area contributed by atoms with Crippen molar-refractivity contribution in [3.63, 3.8) is 0 Å². The van der Waals surface area contributed by atoms with E-state index in [2.05, 4.69) is 13.8 Å². The van der Waals surface area contributed by atoms with Crippen molar-refractivity contribution in [2.24, 2.45) is 5.92 Å². The van der Waals surface area contributed by atoms with Gasteiger partial charge in [-0.15, -0.1) is 11.3 Å². The first kappa shape index (κ1) is 15.0. The first-order valence-corrected chi connectivity index (χ1v) is 7.96. The lowest BCUT2D eigenvalue weighted by Crippen LogP contribution is -2.39. The number of amides is 1. The van der Waals surface area contributed by atoms with Crippen LogP contribution < -0.4 is 0 Å². The maximum atomic E-state index is 12.4. The summed E-state index contributed by atoms with van der Waals surface area (Å²) in [6.07, 6.45) is 3.21. The summed E-state index contributed by atoms with van der Waals surface area (Å²) < 4.78 is 0. The number of thiophene rings is 1. The fourth-order valence-electron chi connectivity index (χ4n) is 2.63. The van der Waals surface area contributed by atoms with E-state index < -0.39 is 5.97 Å². The van der Waals surface area contributed by atoms with Crippen molar-refractivity contribution in [2.45, 2.75) is 39.5 Å². The van der Waals surface area contributed by atoms with Crippen molar-refractivity contribution in [1.82, 2.24) is 4.90 Å². The van der Waals surface area contributed by atoms with Crippen molar-refractivity contribution in [3.8, 4) is 0 Å². The Morgan fingerprint density at radius 1 is 1.40 bits per heavy atom. The van der Waals surface area contributed by atoms with E-state index in [-0.39, 0.29) is 11.8 Å². The van der Waals surface area contributed by atoms with Crippen LogP contribution in [0.1, 0.15) is 46.3 Å². The van der Waals surface area contributed by atoms with Gasteiger partial charge >= 0.3 is 5.97 Å². The summed E-state index contributed by atoms with van der Waals surface area (Å²) >= 11 is 1.56. The Morgan fingerprint density at radius 2 is 2.05 bits per heavy atom. The number of aliphatic carboxylic acids is 1. The maximum absolute atomic E-state index is 12.4. The van der Waals surface area contributed by atoms with Crippen LogP contribution in [-0.2, 0) is 11.2 Å². The molecule has 0 aromatic carbocycles. The average molecular weight is 295 g/mol. The number of aryl methyl sites for hydroxylation is 2. The Kier molecular flexibility index (Phi) is 4.81. The molecule has 1 amide bonds. The topological polar surface area (TPSA) is 57.6 Å². The van der Waals surface area contributed by atoms with Gasteiger partial charge in [-0.3, -0.25) is 9.59 Å². The molecule has 1 saturated heterocycles. The number of rotatable bonds is 4. The molecule has 1 aliphatic heterocycles. The van der Waals surface area contributed by atoms with Crippen molar-refractivity contribution in [1.29, 1.82) is 0 Å². The van der Waals surface area contributed by atoms with Crippen molar-refractivity contribution >= 4 is 23.2 Å². The normalized spacial score (nSPS) is 16.4. The van der Waals surface area contributed by atoms with E-state index in [9.17, 15) is 9.59 Å². The molecule has 1 N–H and O–H groups in total. The largest absolute Gasteiger partial charge is 0.481 e. The lowest BCUT2D eigenvalue weighted by Gasteiger charge is -2.29. The summed E-state index contributed by atoms with van der Waals surface area (Å²) in [7, 11) is 0. The molecule has 0 radical (unpaired) electrons. The number of carbonyl (C=O) groups excluding carboxylic acids is 1. The van der Waals surface area contributed by atoms with Gasteiger partial charge in [0.15, 0.2) is 0 Å². The third kappa shape index (κ3) is 3.20. The molecule has 5 heteroatoms. The highest BCUT2D eigenvalue weighted by Crippen LogP contribution is 2.26. The first-order valence-electron chi connectivity index (χ1n) is 7.14. The number of hydrogen-bond donors (Lipinski definition) is 1. The zero-order valence-electron chi connectivity index (χ0n) is 12.0. The third-order valence-electron chi connectivity index (χ3n) is 3.88. The zero-order chi connectivity index (χ0) is 14.7. The average Bonchev–Trinajstić information content (AvgIpc) is 2.80. The van der Waals surface area contributed by atoms with Gasteiger partial charge in [-0.25, -0.2) is 0 Å². The molecule has 4 nitrogen and oxygen atoms in total. The van der Waals surface area contributed by atoms with Crippen LogP contribution in [0.4, 0.5) is 0 Å². The van der Waals surface area contributed by atoms with Gasteiger partial charge in [0.25, 0.3) is 5.91 Å². The highest BCUT2D eigenvalue weighted by molar-refractivity contribution is 7.14. The van der Waals surface area contributed by atoms with Gasteiger partial charge < -0.3 is 10.0 Å². The van der Waals surface area contributed by atoms with Crippen LogP contribution in [0.2, 0.25) is 0 Å². The number of likely N-dealkylation sites (tertiary alicyclic amines) is 1. The predicted molar refractivity (Wildman–Crippen MR) is 79.3 cm³/mol. The molecule has 0 atom stereocenters. The Balaban J connectivity index is 2.02. The van der Waals surface area contributed by atoms with E-state index >= 15 is 0 Å². The van der Waals surface area contributed by atoms with Crippen LogP contribution in [0, 0.1) is 12.8 Å². The summed E-state index contributed by atoms with van der Waals surface area (Å²) in [5.41, 5.74) is 1.27. The SMILES string of the molecule is CCCc1cc(C(=O)N2CCC(C(=O)O)CC2)sc1C. The Hall–Kier alpha value is -1.36. The van der Waals surface area contributed by atoms with Gasteiger partial charge in [0.2, 0.25) is 0 Å². The van der Waals surface area contributed by atoms with Crippen molar-refractivity contribution < 1.29 is 14.7 Å². The molecule has 0 spiro atoms. The van der Waals surface area contributed by atoms with Crippen LogP contribution >= 0.6 is 11.3 Å². The van der Waals surface area contributed by atoms with Gasteiger partial charge in [0.05, 0.1) is 10.8 Å². The number of carbonyl (C=O) groups is 2. The molecule has 2 heterocycles. The Morgan fingerprint density at radius 3 is 2.60 bits per heavy atom. The number of nitrogens with zero attached hydrogens (tertiary/aromatic N) is 1. The van der Waals surface area contributed by atoms with E-state index in [1.54, 1.807) is 16.2 Å². The lowest BCUT2D eigenvalue weighted by atomic mass is 9.97. The Bertz CT molecular complexity index is 501. The van der Waals surface area contributed by atoms with E-state index in [0.29, 0.717) is 25.9 Å². The standard InChI is InChI=1S/C15H21NO3S/c1-3-4-12-9-13(20-10(12)2)14(17)16-7-5-11(6-8-16)15(18)19/h9,11H,3-8H2,1-2H3,(H,18,19). The Labute approximate surface area is 123 Å². The molecular formula is C15H21NO3S. The van der Waals surface area contributed by atoms with E-state index in [1.165, 1.54) is 10.4 Å². The fraction of sp³-hybridized carbons (Fsp3) is 0.600. The molecule has 1 aromatic heterocycles. The minimum absolute atomic E-state index is 0.0595. The minimum atomic E-state index is -0.741. The monoisotopic (exact) mass is 295 g/mol. The fourth-order valence-corrected chi connectivity index (χ4v) is 3.67. The summed E-state index contributed by atoms with van der Waals surface area (Å²) in [6, 6.07) is 2.01. The molecule has 110 valence electrons. The third-order valence-corrected chi connectivity index (χ3v) is 4.96. The van der Waals surface area contributed by atoms with Crippen molar-refractivity contribution in [2.75, 3.05) is 13.1 Å². The summed E-state index contributed by atoms with van der Waals surface area (Å²) in [5.74, 6) is -0.974. The number of carboxylic acid groups (broad SMARTS) is 1. The van der Waals surface area contributed by atoms with Crippen LogP contribution in [0.5, 0.6) is 0 Å². The second-order valence-electron chi connectivity index (χ2n) is 5.35. The van der Waals surface area contributed by atoms with Crippen LogP contribution in [-0.4, -0.2) is 35.0 Å². The summed E-state index contributed by atoms with van der Waals surface area (Å²) in [4.78, 5) is 27.2. The molecule has 0 saturated carbocycles. The lowest BCUT2D eigenvalue weighted by molar-refractivity contribution is -0.143. The highest BCUT2D eigenvalue weighted by Gasteiger charge is 2.28. The smallest absolute Gasteiger partial charge is 0.306 e. The van der Waals surface area contributed by atoms with E-state index in [1.807, 2.05) is 6.07 Å². The molecule has 20 heavy (non-hydrogen) atoms. The second-order valence-corrected chi connectivity index (χ2v) is 6.60. The minimum Gasteiger partial charge on any atom is -0.481 e. The molecule has 2 rings (SSSR count). The zero-order valence-corrected chi connectivity index (χ0v) is 12.8. The highest BCUT2D eigenvalue weighted by atomic mass is 32.1. The van der Waals surface area contributed by atoms with Crippen LogP contribution in [0.15, 0.2) is 6.07 Å². The van der Waals surface area contributed by atoms with Crippen LogP contribution in [0.3, 0.4) is 0 Å². The molecule has 1 aromatic rings. The first-order chi connectivity index (χ1) is 9.52. The van der Waals surface area contributed by atoms with E-state index in [4.69, 9.17) is 5.11 Å². The van der Waals surface area contributed by atoms with Gasteiger partial charge in [-0.05, 0) is 37.8 Å². The van der Waals surface area contributed by atoms with Gasteiger partial charge in [0, 0.05) is 18.0 Å². The molecule has 0 unspecified atom stereocenters. The molecule has 1 fully saturated rings. The predicted octanol–water partition coefficient (Wildman–Crippen LogP) is 2.95. The number of carboxylic acids is 1. The van der Waals surface area contributed by atoms with Gasteiger partial charge in [-0.2, -0.15) is 0 Å². The summed E-state index contributed by atoms with van der Waals surface area (Å²) in [5, 5.41) is 8.98. The second kappa shape index (κ2) is 6.39. The quantitative estimate of drug-likeness (QED) is 0.929. The maximum Gasteiger partial charge on any atom is 0.306 e. The van der Waals surface area contributed by atoms with Crippen LogP contribution in [0.25, 0.3) is 0 Å². The molecule has 0 aliphatic carbocycles. The molecular weight excluding hydrogens is 274 g/mol. The summed E-state index contributed by atoms with van der Waals surface area (Å²) in [6.45, 7) is 5.30. The van der Waals surface area contributed by atoms with E-state index in [0.717, 1.165) is 17.7 Å². The number of hydrogen-bond acceptors (Lipinski definition) is 3. The van der Waals surface area contributed by atoms with Crippen molar-refractivity contribution in [3.05, 3.63) is 21.4 Å². The van der Waals surface area contributed by atoms with Gasteiger partial charge in [-0.1, -0.05) is 13.3 Å². The molecule has 0 bridgehead atoms.